The Morgan fingerprint density at radius 3 is 2.00 bits per heavy atom. The number of aliphatic carboxylic acids is 2. The molecule has 2 atom stereocenters. The number of carbonyl (C=O) groups is 2. The van der Waals surface area contributed by atoms with Crippen LogP contribution in [0.25, 0.3) is 11.1 Å². The molecule has 0 aliphatic carbocycles. The van der Waals surface area contributed by atoms with Crippen LogP contribution in [0.5, 0.6) is 0 Å². The van der Waals surface area contributed by atoms with Crippen LogP contribution >= 0.6 is 11.3 Å². The van der Waals surface area contributed by atoms with Crippen LogP contribution < -0.4 is 0 Å². The molecule has 8 nitrogen and oxygen atoms in total. The van der Waals surface area contributed by atoms with Crippen LogP contribution in [0.15, 0.2) is 64.4 Å². The molecule has 2 N–H and O–H groups in total. The highest BCUT2D eigenvalue weighted by Gasteiger charge is 2.50. The van der Waals surface area contributed by atoms with Crippen LogP contribution in [0.2, 0.25) is 0 Å². The zero-order valence-electron chi connectivity index (χ0n) is 20.1. The van der Waals surface area contributed by atoms with Gasteiger partial charge in [0.2, 0.25) is 0 Å². The molecule has 40 heavy (non-hydrogen) atoms. The molecule has 0 radical (unpaired) electrons. The largest absolute Gasteiger partial charge is 0.490 e. The third-order valence-corrected chi connectivity index (χ3v) is 8.93. The Morgan fingerprint density at radius 2 is 1.50 bits per heavy atom. The second-order valence-corrected chi connectivity index (χ2v) is 11.5. The lowest BCUT2D eigenvalue weighted by atomic mass is 9.95. The van der Waals surface area contributed by atoms with Crippen LogP contribution in [-0.4, -0.2) is 71.1 Å². The number of nitrogens with zero attached hydrogens (tertiary/aromatic N) is 2. The molecule has 1 saturated heterocycles. The molecule has 216 valence electrons. The van der Waals surface area contributed by atoms with Crippen molar-refractivity contribution < 1.29 is 54.6 Å². The zero-order valence-corrected chi connectivity index (χ0v) is 21.7. The van der Waals surface area contributed by atoms with Crippen LogP contribution in [0, 0.1) is 0 Å². The molecule has 5 rings (SSSR count). The maximum absolute atomic E-state index is 13.0. The first kappa shape index (κ1) is 31.0. The molecule has 0 spiro atoms. The number of hydrogen-bond donors (Lipinski definition) is 2. The van der Waals surface area contributed by atoms with Crippen LogP contribution in [0.1, 0.15) is 17.0 Å². The van der Waals surface area contributed by atoms with Crippen LogP contribution in [0.3, 0.4) is 0 Å². The van der Waals surface area contributed by atoms with Crippen molar-refractivity contribution >= 4 is 33.1 Å². The van der Waals surface area contributed by atoms with E-state index in [-0.39, 0.29) is 11.2 Å². The molecule has 2 aromatic heterocycles. The predicted molar refractivity (Wildman–Crippen MR) is 130 cm³/mol. The summed E-state index contributed by atoms with van der Waals surface area (Å²) in [4.78, 5) is 24.7. The number of benzene rings is 1. The number of aromatic nitrogens is 1. The maximum Gasteiger partial charge on any atom is 0.490 e. The summed E-state index contributed by atoms with van der Waals surface area (Å²) in [6.45, 7) is 2.24. The summed E-state index contributed by atoms with van der Waals surface area (Å²) in [5.41, 5.74) is 4.37. The van der Waals surface area contributed by atoms with Gasteiger partial charge in [-0.2, -0.15) is 37.7 Å². The van der Waals surface area contributed by atoms with E-state index in [4.69, 9.17) is 19.8 Å². The molecule has 1 aromatic carbocycles. The topological polar surface area (TPSA) is 125 Å². The minimum Gasteiger partial charge on any atom is -0.475 e. The lowest BCUT2D eigenvalue weighted by Crippen LogP contribution is -2.25. The summed E-state index contributed by atoms with van der Waals surface area (Å²) in [5, 5.41) is 18.1. The number of halogens is 6. The van der Waals surface area contributed by atoms with Gasteiger partial charge in [-0.25, -0.2) is 18.0 Å². The highest BCUT2D eigenvalue weighted by molar-refractivity contribution is 7.92. The van der Waals surface area contributed by atoms with Gasteiger partial charge in [0.25, 0.3) is 0 Å². The Morgan fingerprint density at radius 1 is 0.925 bits per heavy atom. The van der Waals surface area contributed by atoms with E-state index in [0.717, 1.165) is 29.8 Å². The SMILES string of the molecule is O=C(O)C(F)(F)F.O=C(O)C(F)(F)F.O=S1(=O)c2ccc(-c3ccncc3)cc2C2CN(Cc3ccsc3)CC21. The van der Waals surface area contributed by atoms with E-state index >= 15 is 0 Å². The van der Waals surface area contributed by atoms with E-state index in [1.54, 1.807) is 29.8 Å². The van der Waals surface area contributed by atoms with E-state index in [0.29, 0.717) is 11.4 Å². The van der Waals surface area contributed by atoms with Gasteiger partial charge in [0.15, 0.2) is 9.84 Å². The normalized spacial score (nSPS) is 19.4. The van der Waals surface area contributed by atoms with Gasteiger partial charge in [-0.1, -0.05) is 6.07 Å². The Labute approximate surface area is 227 Å². The number of rotatable bonds is 3. The summed E-state index contributed by atoms with van der Waals surface area (Å²) < 4.78 is 89.5. The van der Waals surface area contributed by atoms with E-state index in [2.05, 4.69) is 32.8 Å². The smallest absolute Gasteiger partial charge is 0.475 e. The van der Waals surface area contributed by atoms with Gasteiger partial charge in [0.1, 0.15) is 0 Å². The molecule has 2 aliphatic heterocycles. The number of hydrogen-bond acceptors (Lipinski definition) is 7. The fourth-order valence-electron chi connectivity index (χ4n) is 4.22. The summed E-state index contributed by atoms with van der Waals surface area (Å²) in [5.74, 6) is -5.45. The summed E-state index contributed by atoms with van der Waals surface area (Å²) in [6, 6.07) is 11.8. The third kappa shape index (κ3) is 7.37. The van der Waals surface area contributed by atoms with Gasteiger partial charge in [-0.05, 0) is 63.3 Å². The van der Waals surface area contributed by atoms with Crippen molar-refractivity contribution in [1.29, 1.82) is 0 Å². The molecule has 0 amide bonds. The molecule has 2 aliphatic rings. The number of carboxylic acids is 2. The Kier molecular flexibility index (Phi) is 9.26. The van der Waals surface area contributed by atoms with Crippen molar-refractivity contribution in [2.75, 3.05) is 13.1 Å². The van der Waals surface area contributed by atoms with E-state index < -0.39 is 34.1 Å². The fourth-order valence-corrected chi connectivity index (χ4v) is 7.07. The van der Waals surface area contributed by atoms with Crippen molar-refractivity contribution in [2.24, 2.45) is 0 Å². The molecule has 3 aromatic rings. The van der Waals surface area contributed by atoms with E-state index in [1.807, 2.05) is 18.2 Å². The Bertz CT molecular complexity index is 1420. The van der Waals surface area contributed by atoms with E-state index in [9.17, 15) is 34.8 Å². The first-order valence-electron chi connectivity index (χ1n) is 11.1. The number of likely N-dealkylation sites (tertiary alicyclic amines) is 1. The highest BCUT2D eigenvalue weighted by Crippen LogP contribution is 2.46. The fraction of sp³-hybridized carbons (Fsp3) is 0.292. The average Bonchev–Trinajstić information content (AvgIpc) is 3.58. The third-order valence-electron chi connectivity index (χ3n) is 5.94. The number of thiophene rings is 1. The quantitative estimate of drug-likeness (QED) is 0.404. The van der Waals surface area contributed by atoms with Gasteiger partial charge in [0, 0.05) is 37.9 Å². The number of sulfone groups is 1. The lowest BCUT2D eigenvalue weighted by Gasteiger charge is -2.16. The lowest BCUT2D eigenvalue weighted by molar-refractivity contribution is -0.193. The van der Waals surface area contributed by atoms with Crippen molar-refractivity contribution in [1.82, 2.24) is 9.88 Å². The molecule has 0 saturated carbocycles. The highest BCUT2D eigenvalue weighted by atomic mass is 32.2. The molecule has 4 heterocycles. The minimum absolute atomic E-state index is 0.0652. The van der Waals surface area contributed by atoms with Crippen molar-refractivity contribution in [3.8, 4) is 11.1 Å². The Balaban J connectivity index is 0.000000263. The average molecular weight is 611 g/mol. The minimum atomic E-state index is -5.08. The van der Waals surface area contributed by atoms with Crippen molar-refractivity contribution in [3.63, 3.8) is 0 Å². The first-order valence-corrected chi connectivity index (χ1v) is 13.6. The number of pyridine rings is 1. The van der Waals surface area contributed by atoms with Crippen LogP contribution in [-0.2, 0) is 26.0 Å². The second kappa shape index (κ2) is 11.9. The summed E-state index contributed by atoms with van der Waals surface area (Å²) >= 11 is 1.68. The molecule has 1 fully saturated rings. The Hall–Kier alpha value is -3.50. The number of alkyl halides is 6. The van der Waals surface area contributed by atoms with Crippen molar-refractivity contribution in [2.45, 2.75) is 35.0 Å². The van der Waals surface area contributed by atoms with E-state index in [1.165, 1.54) is 5.56 Å². The van der Waals surface area contributed by atoms with Gasteiger partial charge < -0.3 is 10.2 Å². The predicted octanol–water partition coefficient (Wildman–Crippen LogP) is 4.83. The van der Waals surface area contributed by atoms with Gasteiger partial charge in [0.05, 0.1) is 10.1 Å². The first-order chi connectivity index (χ1) is 18.5. The van der Waals surface area contributed by atoms with Gasteiger partial charge >= 0.3 is 24.3 Å². The standard InChI is InChI=1S/C20H18N2O2S2.2C2HF3O2/c23-26(24)19-2-1-16(15-3-6-21-7-4-15)9-17(19)18-11-22(12-20(18)26)10-14-5-8-25-13-14;2*3-2(4,5)1(6)7/h1-9,13,18,20H,10-12H2;2*(H,6,7). The zero-order chi connectivity index (χ0) is 29.9. The number of fused-ring (bicyclic) bond motifs is 3. The van der Waals surface area contributed by atoms with Gasteiger partial charge in [-0.3, -0.25) is 9.88 Å². The second-order valence-electron chi connectivity index (χ2n) is 8.61. The molecular formula is C24H20F6N2O6S2. The molecule has 2 unspecified atom stereocenters. The maximum atomic E-state index is 13.0. The summed E-state index contributed by atoms with van der Waals surface area (Å²) in [6.07, 6.45) is -6.64. The molecule has 0 bridgehead atoms. The number of carboxylic acid groups (broad SMARTS) is 2. The molecule has 16 heteroatoms. The molecular weight excluding hydrogens is 590 g/mol. The summed E-state index contributed by atoms with van der Waals surface area (Å²) in [7, 11) is -3.25. The monoisotopic (exact) mass is 610 g/mol. The van der Waals surface area contributed by atoms with Crippen molar-refractivity contribution in [3.05, 3.63) is 70.7 Å². The van der Waals surface area contributed by atoms with Crippen LogP contribution in [0.4, 0.5) is 26.3 Å². The van der Waals surface area contributed by atoms with Gasteiger partial charge in [-0.15, -0.1) is 0 Å².